The second-order valence-electron chi connectivity index (χ2n) is 15.1. The molecule has 3 aromatic carbocycles. The van der Waals surface area contributed by atoms with Crippen LogP contribution in [0, 0.1) is 11.3 Å². The number of nitrogens with zero attached hydrogens (tertiary/aromatic N) is 3. The first-order chi connectivity index (χ1) is 31.0. The molecule has 0 bridgehead atoms. The van der Waals surface area contributed by atoms with Gasteiger partial charge >= 0.3 is 23.9 Å². The number of aromatic nitrogens is 2. The first-order valence-corrected chi connectivity index (χ1v) is 21.7. The largest absolute Gasteiger partial charge is 0.497 e. The monoisotopic (exact) mass is 928 g/mol. The Bertz CT molecular complexity index is 2270. The molecule has 1 fully saturated rings. The van der Waals surface area contributed by atoms with E-state index in [0.717, 1.165) is 16.8 Å². The van der Waals surface area contributed by atoms with Gasteiger partial charge in [-0.1, -0.05) is 54.6 Å². The molecule has 0 saturated carbocycles. The van der Waals surface area contributed by atoms with Gasteiger partial charge in [-0.05, 0) is 68.7 Å². The molecule has 5 atom stereocenters. The van der Waals surface area contributed by atoms with E-state index >= 15 is 0 Å². The van der Waals surface area contributed by atoms with Crippen molar-refractivity contribution in [3.8, 4) is 17.6 Å². The molecular weight excluding hydrogens is 876 g/mol. The van der Waals surface area contributed by atoms with E-state index in [4.69, 9.17) is 32.7 Å². The standard InChI is InChI=1S/C44H52F3N6O11P/c1-28(2)53(29(3)4)65(61-26-10-22-48)64-37-35(62-39(52-25-21-36(54)51-41(52)56)38(37)63-42(57)50-24-23-49-40(55)44(45,46)47)27-60-43(30-11-8-7-9-12-30,31-13-17-33(58-5)18-14-31)32-15-19-34(59-6)20-16-32/h7-9,11-21,25,28-29,35,37-39H,10,23-24,26-27H2,1-6H3,(H,49,55)(H,50,57)(H,51,54,56)/t35-,37-,38-,39-,65?/m1/s1. The molecule has 0 spiro atoms. The Balaban J connectivity index is 1.65. The van der Waals surface area contributed by atoms with Gasteiger partial charge in [-0.25, -0.2) is 14.3 Å². The lowest BCUT2D eigenvalue weighted by Gasteiger charge is -2.39. The van der Waals surface area contributed by atoms with E-state index < -0.39 is 81.2 Å². The second kappa shape index (κ2) is 22.9. The predicted molar refractivity (Wildman–Crippen MR) is 231 cm³/mol. The zero-order valence-corrected chi connectivity index (χ0v) is 37.5. The van der Waals surface area contributed by atoms with Gasteiger partial charge in [-0.15, -0.1) is 0 Å². The first-order valence-electron chi connectivity index (χ1n) is 20.5. The normalized spacial score (nSPS) is 18.0. The summed E-state index contributed by atoms with van der Waals surface area (Å²) < 4.78 is 85.3. The second-order valence-corrected chi connectivity index (χ2v) is 16.5. The number of carbonyl (C=O) groups is 2. The number of halogens is 3. The predicted octanol–water partition coefficient (Wildman–Crippen LogP) is 5.89. The van der Waals surface area contributed by atoms with Crippen molar-refractivity contribution in [1.82, 2.24) is 24.9 Å². The van der Waals surface area contributed by atoms with Crippen molar-refractivity contribution in [3.63, 3.8) is 0 Å². The summed E-state index contributed by atoms with van der Waals surface area (Å²) in [5.41, 5.74) is -1.03. The summed E-state index contributed by atoms with van der Waals surface area (Å²) in [5, 5.41) is 13.4. The molecule has 2 amide bonds. The molecule has 1 unspecified atom stereocenters. The molecule has 3 N–H and O–H groups in total. The highest BCUT2D eigenvalue weighted by atomic mass is 31.2. The quantitative estimate of drug-likeness (QED) is 0.0507. The number of benzene rings is 3. The highest BCUT2D eigenvalue weighted by molar-refractivity contribution is 7.44. The maximum atomic E-state index is 13.6. The molecule has 65 heavy (non-hydrogen) atoms. The van der Waals surface area contributed by atoms with Gasteiger partial charge in [0.1, 0.15) is 29.3 Å². The van der Waals surface area contributed by atoms with Crippen molar-refractivity contribution in [2.24, 2.45) is 0 Å². The van der Waals surface area contributed by atoms with Crippen molar-refractivity contribution >= 4 is 20.5 Å². The Morgan fingerprint density at radius 3 is 1.95 bits per heavy atom. The average Bonchev–Trinajstić information content (AvgIpc) is 3.60. The van der Waals surface area contributed by atoms with Gasteiger partial charge < -0.3 is 43.4 Å². The Hall–Kier alpha value is -5.81. The van der Waals surface area contributed by atoms with Crippen LogP contribution in [0.25, 0.3) is 0 Å². The van der Waals surface area contributed by atoms with Crippen LogP contribution in [0.4, 0.5) is 18.0 Å². The number of hydrogen-bond acceptors (Lipinski definition) is 13. The maximum Gasteiger partial charge on any atom is 0.471 e. The summed E-state index contributed by atoms with van der Waals surface area (Å²) >= 11 is 0. The summed E-state index contributed by atoms with van der Waals surface area (Å²) in [6.45, 7) is 6.18. The molecule has 2 heterocycles. The van der Waals surface area contributed by atoms with E-state index in [0.29, 0.717) is 28.2 Å². The minimum atomic E-state index is -5.15. The zero-order chi connectivity index (χ0) is 47.3. The topological polar surface area (TPSA) is 205 Å². The Morgan fingerprint density at radius 1 is 0.862 bits per heavy atom. The van der Waals surface area contributed by atoms with Crippen LogP contribution in [0.15, 0.2) is 101 Å². The van der Waals surface area contributed by atoms with Gasteiger partial charge in [0.05, 0.1) is 39.9 Å². The minimum Gasteiger partial charge on any atom is -0.497 e. The van der Waals surface area contributed by atoms with E-state index in [1.165, 1.54) is 0 Å². The summed E-state index contributed by atoms with van der Waals surface area (Å²) in [7, 11) is 0.981. The third-order valence-electron chi connectivity index (χ3n) is 10.1. The number of alkyl carbamates (subject to hydrolysis) is 1. The van der Waals surface area contributed by atoms with Crippen LogP contribution in [0.5, 0.6) is 11.5 Å². The fraction of sp³-hybridized carbons (Fsp3) is 0.432. The number of nitriles is 1. The fourth-order valence-corrected chi connectivity index (χ4v) is 9.00. The lowest BCUT2D eigenvalue weighted by atomic mass is 9.80. The van der Waals surface area contributed by atoms with Crippen molar-refractivity contribution in [1.29, 1.82) is 5.26 Å². The van der Waals surface area contributed by atoms with E-state index in [1.54, 1.807) is 43.8 Å². The molecule has 17 nitrogen and oxygen atoms in total. The van der Waals surface area contributed by atoms with E-state index in [2.05, 4.69) is 16.4 Å². The highest BCUT2D eigenvalue weighted by Gasteiger charge is 2.53. The minimum absolute atomic E-state index is 0.00581. The SMILES string of the molecule is COc1ccc(C(OC[C@H]2O[C@@H](n3ccc(=O)[nH]c3=O)[C@H](OC(=O)NCCNC(=O)C(F)(F)F)[C@@H]2OP(OCCC#N)N(C(C)C)C(C)C)(c2ccccc2)c2ccc(OC)cc2)cc1. The lowest BCUT2D eigenvalue weighted by Crippen LogP contribution is -2.46. The molecule has 4 aromatic rings. The number of rotatable bonds is 21. The van der Waals surface area contributed by atoms with Gasteiger partial charge in [0.25, 0.3) is 14.1 Å². The molecule has 1 aliphatic rings. The van der Waals surface area contributed by atoms with Gasteiger partial charge in [0, 0.05) is 37.4 Å². The third-order valence-corrected chi connectivity index (χ3v) is 12.2. The molecule has 350 valence electrons. The number of carbonyl (C=O) groups excluding carboxylic acids is 2. The van der Waals surface area contributed by atoms with Gasteiger partial charge in [-0.3, -0.25) is 19.1 Å². The molecule has 0 aliphatic carbocycles. The number of nitrogens with one attached hydrogen (secondary N) is 3. The molecule has 1 saturated heterocycles. The average molecular weight is 929 g/mol. The molecule has 1 aromatic heterocycles. The zero-order valence-electron chi connectivity index (χ0n) is 36.6. The summed E-state index contributed by atoms with van der Waals surface area (Å²) in [6.07, 6.45) is -10.8. The van der Waals surface area contributed by atoms with Crippen LogP contribution in [0.3, 0.4) is 0 Å². The number of amides is 2. The van der Waals surface area contributed by atoms with Crippen molar-refractivity contribution in [3.05, 3.63) is 129 Å². The van der Waals surface area contributed by atoms with Gasteiger partial charge in [-0.2, -0.15) is 18.4 Å². The fourth-order valence-electron chi connectivity index (χ4n) is 7.23. The number of ether oxygens (including phenoxy) is 5. The van der Waals surface area contributed by atoms with Crippen LogP contribution in [-0.4, -0.2) is 103 Å². The molecule has 21 heteroatoms. The maximum absolute atomic E-state index is 13.6. The lowest BCUT2D eigenvalue weighted by molar-refractivity contribution is -0.173. The molecule has 0 radical (unpaired) electrons. The van der Waals surface area contributed by atoms with E-state index in [1.807, 2.05) is 87.0 Å². The van der Waals surface area contributed by atoms with Crippen LogP contribution in [-0.2, 0) is 33.7 Å². The number of alkyl halides is 3. The molecular formula is C44H52F3N6O11P. The number of hydrogen-bond donors (Lipinski definition) is 3. The third kappa shape index (κ3) is 12.5. The van der Waals surface area contributed by atoms with Crippen LogP contribution < -0.4 is 31.4 Å². The smallest absolute Gasteiger partial charge is 0.471 e. The van der Waals surface area contributed by atoms with Crippen LogP contribution >= 0.6 is 8.53 Å². The summed E-state index contributed by atoms with van der Waals surface area (Å²) in [6, 6.07) is 26.6. The number of aromatic amines is 1. The van der Waals surface area contributed by atoms with E-state index in [-0.39, 0.29) is 31.7 Å². The highest BCUT2D eigenvalue weighted by Crippen LogP contribution is 2.51. The Morgan fingerprint density at radius 2 is 1.43 bits per heavy atom. The first kappa shape index (κ1) is 50.2. The van der Waals surface area contributed by atoms with Crippen LogP contribution in [0.1, 0.15) is 57.0 Å². The summed E-state index contributed by atoms with van der Waals surface area (Å²) in [4.78, 5) is 52.9. The molecule has 1 aliphatic heterocycles. The Labute approximate surface area is 374 Å². The molecule has 5 rings (SSSR count). The number of methoxy groups -OCH3 is 2. The van der Waals surface area contributed by atoms with Crippen molar-refractivity contribution in [2.75, 3.05) is 40.5 Å². The van der Waals surface area contributed by atoms with Gasteiger partial charge in [0.15, 0.2) is 12.3 Å². The Kier molecular flexibility index (Phi) is 17.7. The summed E-state index contributed by atoms with van der Waals surface area (Å²) in [5.74, 6) is -1.04. The van der Waals surface area contributed by atoms with Crippen molar-refractivity contribution in [2.45, 2.75) is 82.5 Å². The van der Waals surface area contributed by atoms with E-state index in [9.17, 15) is 37.6 Å². The van der Waals surface area contributed by atoms with Crippen LogP contribution in [0.2, 0.25) is 0 Å². The van der Waals surface area contributed by atoms with Gasteiger partial charge in [0.2, 0.25) is 0 Å². The van der Waals surface area contributed by atoms with Crippen molar-refractivity contribution < 1.29 is 55.5 Å². The number of H-pyrrole nitrogens is 1.